The average Bonchev–Trinajstić information content (AvgIpc) is 2.96. The Kier molecular flexibility index (Phi) is 2.31. The SMILES string of the molecule is COc1ccc(OC)c(C2(N)CC2)c1F. The Morgan fingerprint density at radius 2 is 1.73 bits per heavy atom. The topological polar surface area (TPSA) is 44.5 Å². The van der Waals surface area contributed by atoms with Gasteiger partial charge in [0.25, 0.3) is 0 Å². The number of hydrogen-bond acceptors (Lipinski definition) is 3. The molecule has 1 aromatic rings. The van der Waals surface area contributed by atoms with Crippen LogP contribution in [0.25, 0.3) is 0 Å². The number of hydrogen-bond donors (Lipinski definition) is 1. The monoisotopic (exact) mass is 211 g/mol. The fourth-order valence-electron chi connectivity index (χ4n) is 1.72. The third-order valence-electron chi connectivity index (χ3n) is 2.79. The van der Waals surface area contributed by atoms with E-state index in [1.165, 1.54) is 14.2 Å². The van der Waals surface area contributed by atoms with Crippen molar-refractivity contribution >= 4 is 0 Å². The van der Waals surface area contributed by atoms with E-state index in [0.29, 0.717) is 11.3 Å². The number of halogens is 1. The predicted molar refractivity (Wildman–Crippen MR) is 54.6 cm³/mol. The molecule has 2 N–H and O–H groups in total. The van der Waals surface area contributed by atoms with Crippen LogP contribution in [0.2, 0.25) is 0 Å². The van der Waals surface area contributed by atoms with Gasteiger partial charge in [0.1, 0.15) is 5.75 Å². The van der Waals surface area contributed by atoms with Crippen molar-refractivity contribution in [2.75, 3.05) is 14.2 Å². The zero-order valence-corrected chi connectivity index (χ0v) is 8.84. The molecule has 4 heteroatoms. The van der Waals surface area contributed by atoms with Crippen molar-refractivity contribution in [3.8, 4) is 11.5 Å². The smallest absolute Gasteiger partial charge is 0.173 e. The zero-order chi connectivity index (χ0) is 11.1. The summed E-state index contributed by atoms with van der Waals surface area (Å²) >= 11 is 0. The van der Waals surface area contributed by atoms with E-state index in [1.807, 2.05) is 0 Å². The molecule has 0 bridgehead atoms. The molecule has 1 aromatic carbocycles. The first-order valence-corrected chi connectivity index (χ1v) is 4.82. The molecule has 0 aromatic heterocycles. The first-order chi connectivity index (χ1) is 7.12. The van der Waals surface area contributed by atoms with E-state index in [-0.39, 0.29) is 5.75 Å². The lowest BCUT2D eigenvalue weighted by Gasteiger charge is -2.16. The number of benzene rings is 1. The summed E-state index contributed by atoms with van der Waals surface area (Å²) in [4.78, 5) is 0. The zero-order valence-electron chi connectivity index (χ0n) is 8.84. The number of ether oxygens (including phenoxy) is 2. The molecule has 0 radical (unpaired) electrons. The Labute approximate surface area is 88.0 Å². The molecule has 0 saturated heterocycles. The van der Waals surface area contributed by atoms with Crippen LogP contribution in [0.1, 0.15) is 18.4 Å². The fraction of sp³-hybridized carbons (Fsp3) is 0.455. The van der Waals surface area contributed by atoms with Crippen LogP contribution in [0.5, 0.6) is 11.5 Å². The van der Waals surface area contributed by atoms with Crippen LogP contribution >= 0.6 is 0 Å². The van der Waals surface area contributed by atoms with Crippen LogP contribution in [0, 0.1) is 5.82 Å². The molecule has 0 aliphatic heterocycles. The quantitative estimate of drug-likeness (QED) is 0.829. The van der Waals surface area contributed by atoms with E-state index in [2.05, 4.69) is 0 Å². The summed E-state index contributed by atoms with van der Waals surface area (Å²) in [6, 6.07) is 3.23. The summed E-state index contributed by atoms with van der Waals surface area (Å²) in [7, 11) is 2.95. The maximum atomic E-state index is 14.0. The minimum absolute atomic E-state index is 0.211. The van der Waals surface area contributed by atoms with E-state index in [1.54, 1.807) is 12.1 Å². The van der Waals surface area contributed by atoms with Gasteiger partial charge in [0.2, 0.25) is 0 Å². The molecule has 2 rings (SSSR count). The maximum absolute atomic E-state index is 14.0. The van der Waals surface area contributed by atoms with Gasteiger partial charge in [0, 0.05) is 5.54 Å². The van der Waals surface area contributed by atoms with E-state index < -0.39 is 11.4 Å². The molecule has 1 fully saturated rings. The van der Waals surface area contributed by atoms with Crippen LogP contribution in [-0.4, -0.2) is 14.2 Å². The van der Waals surface area contributed by atoms with E-state index in [0.717, 1.165) is 12.8 Å². The van der Waals surface area contributed by atoms with Crippen molar-refractivity contribution in [1.29, 1.82) is 0 Å². The lowest BCUT2D eigenvalue weighted by atomic mass is 10.0. The Morgan fingerprint density at radius 3 is 2.20 bits per heavy atom. The highest BCUT2D eigenvalue weighted by Crippen LogP contribution is 2.49. The van der Waals surface area contributed by atoms with Crippen LogP contribution in [0.4, 0.5) is 4.39 Å². The van der Waals surface area contributed by atoms with Crippen LogP contribution in [0.15, 0.2) is 12.1 Å². The second-order valence-corrected chi connectivity index (χ2v) is 3.82. The highest BCUT2D eigenvalue weighted by atomic mass is 19.1. The van der Waals surface area contributed by atoms with Gasteiger partial charge in [-0.2, -0.15) is 0 Å². The first-order valence-electron chi connectivity index (χ1n) is 4.82. The third-order valence-corrected chi connectivity index (χ3v) is 2.79. The van der Waals surface area contributed by atoms with Crippen molar-refractivity contribution in [2.24, 2.45) is 5.73 Å². The van der Waals surface area contributed by atoms with Gasteiger partial charge in [-0.15, -0.1) is 0 Å². The maximum Gasteiger partial charge on any atom is 0.173 e. The molecular formula is C11H14FNO2. The van der Waals surface area contributed by atoms with Crippen molar-refractivity contribution < 1.29 is 13.9 Å². The summed E-state index contributed by atoms with van der Waals surface area (Å²) in [5.41, 5.74) is 5.86. The molecule has 82 valence electrons. The molecule has 0 spiro atoms. The predicted octanol–water partition coefficient (Wildman–Crippen LogP) is 1.79. The minimum atomic E-state index is -0.566. The lowest BCUT2D eigenvalue weighted by Crippen LogP contribution is -2.21. The van der Waals surface area contributed by atoms with Crippen molar-refractivity contribution in [3.63, 3.8) is 0 Å². The highest BCUT2D eigenvalue weighted by molar-refractivity contribution is 5.48. The second-order valence-electron chi connectivity index (χ2n) is 3.82. The molecule has 0 heterocycles. The van der Waals surface area contributed by atoms with Gasteiger partial charge >= 0.3 is 0 Å². The van der Waals surface area contributed by atoms with Gasteiger partial charge in [-0.3, -0.25) is 0 Å². The lowest BCUT2D eigenvalue weighted by molar-refractivity contribution is 0.365. The standard InChI is InChI=1S/C11H14FNO2/c1-14-7-3-4-8(15-2)10(12)9(7)11(13)5-6-11/h3-4H,5-6,13H2,1-2H3. The fourth-order valence-corrected chi connectivity index (χ4v) is 1.72. The van der Waals surface area contributed by atoms with Crippen LogP contribution in [0.3, 0.4) is 0 Å². The van der Waals surface area contributed by atoms with E-state index in [4.69, 9.17) is 15.2 Å². The summed E-state index contributed by atoms with van der Waals surface area (Å²) in [6.45, 7) is 0. The normalized spacial score (nSPS) is 17.3. The number of rotatable bonds is 3. The molecule has 1 aliphatic rings. The Morgan fingerprint density at radius 1 is 1.20 bits per heavy atom. The molecule has 1 aliphatic carbocycles. The largest absolute Gasteiger partial charge is 0.496 e. The molecule has 3 nitrogen and oxygen atoms in total. The first kappa shape index (κ1) is 10.2. The Hall–Kier alpha value is -1.29. The summed E-state index contributed by atoms with van der Waals surface area (Å²) in [5.74, 6) is 0.299. The Bertz CT molecular complexity index is 388. The Balaban J connectivity index is 2.56. The van der Waals surface area contributed by atoms with Crippen LogP contribution in [-0.2, 0) is 5.54 Å². The van der Waals surface area contributed by atoms with Gasteiger partial charge in [-0.25, -0.2) is 4.39 Å². The molecular weight excluding hydrogens is 197 g/mol. The molecule has 15 heavy (non-hydrogen) atoms. The third kappa shape index (κ3) is 1.55. The molecule has 0 atom stereocenters. The van der Waals surface area contributed by atoms with E-state index >= 15 is 0 Å². The number of nitrogens with two attached hydrogens (primary N) is 1. The molecule has 1 saturated carbocycles. The average molecular weight is 211 g/mol. The second kappa shape index (κ2) is 3.38. The van der Waals surface area contributed by atoms with Crippen molar-refractivity contribution in [1.82, 2.24) is 0 Å². The minimum Gasteiger partial charge on any atom is -0.496 e. The summed E-state index contributed by atoms with van der Waals surface area (Å²) < 4.78 is 24.0. The van der Waals surface area contributed by atoms with Gasteiger partial charge in [-0.1, -0.05) is 0 Å². The summed E-state index contributed by atoms with van der Waals surface area (Å²) in [5, 5.41) is 0. The molecule has 0 amide bonds. The highest BCUT2D eigenvalue weighted by Gasteiger charge is 2.45. The van der Waals surface area contributed by atoms with Gasteiger partial charge in [0.05, 0.1) is 19.8 Å². The van der Waals surface area contributed by atoms with Crippen molar-refractivity contribution in [2.45, 2.75) is 18.4 Å². The molecule has 0 unspecified atom stereocenters. The number of methoxy groups -OCH3 is 2. The van der Waals surface area contributed by atoms with Gasteiger partial charge < -0.3 is 15.2 Å². The van der Waals surface area contributed by atoms with Crippen LogP contribution < -0.4 is 15.2 Å². The van der Waals surface area contributed by atoms with Gasteiger partial charge in [0.15, 0.2) is 11.6 Å². The van der Waals surface area contributed by atoms with Crippen molar-refractivity contribution in [3.05, 3.63) is 23.5 Å². The summed E-state index contributed by atoms with van der Waals surface area (Å²) in [6.07, 6.45) is 1.57. The van der Waals surface area contributed by atoms with E-state index in [9.17, 15) is 4.39 Å². The van der Waals surface area contributed by atoms with Gasteiger partial charge in [-0.05, 0) is 25.0 Å².